The fraction of sp³-hybridized carbons (Fsp3) is 0.429. The van der Waals surface area contributed by atoms with E-state index in [9.17, 15) is 9.59 Å². The standard InChI is InChI=1S/C10H11ClIN3.C4H4INO2/c1-2-3-4-7-14-8-6(12)5-13-9(8)10(11)15-7;5-6-3(7)1-2-4(6)8/h5,13H,2-4H2,1H3;1-2H2. The number of nitrogens with zero attached hydrogens (tertiary/aromatic N) is 3. The lowest BCUT2D eigenvalue weighted by molar-refractivity contribution is -0.130. The molecule has 0 spiro atoms. The molecule has 0 radical (unpaired) electrons. The molecule has 0 atom stereocenters. The Bertz CT molecular complexity index is 719. The molecule has 0 aromatic carbocycles. The minimum absolute atomic E-state index is 0.0735. The molecule has 0 saturated carbocycles. The quantitative estimate of drug-likeness (QED) is 0.266. The van der Waals surface area contributed by atoms with Crippen LogP contribution in [0.4, 0.5) is 0 Å². The highest BCUT2D eigenvalue weighted by Gasteiger charge is 2.26. The summed E-state index contributed by atoms with van der Waals surface area (Å²) in [6.07, 6.45) is 5.82. The minimum atomic E-state index is -0.0735. The van der Waals surface area contributed by atoms with Gasteiger partial charge in [0.25, 0.3) is 0 Å². The number of carbonyl (C=O) groups is 2. The SMILES string of the molecule is CCCCc1nc(Cl)c2[nH]cc(I)c2n1.O=C1CCC(=O)N1I. The predicted molar refractivity (Wildman–Crippen MR) is 105 cm³/mol. The lowest BCUT2D eigenvalue weighted by atomic mass is 10.2. The predicted octanol–water partition coefficient (Wildman–Crippen LogP) is 4.04. The highest BCUT2D eigenvalue weighted by Crippen LogP contribution is 2.23. The van der Waals surface area contributed by atoms with Crippen LogP contribution in [0, 0.1) is 3.57 Å². The maximum Gasteiger partial charge on any atom is 0.238 e. The number of hydrogen-bond acceptors (Lipinski definition) is 4. The topological polar surface area (TPSA) is 79.0 Å². The van der Waals surface area contributed by atoms with Crippen LogP contribution in [0.5, 0.6) is 0 Å². The number of carbonyl (C=O) groups excluding carboxylic acids is 2. The molecule has 2 aromatic rings. The fourth-order valence-electron chi connectivity index (χ4n) is 1.98. The number of imide groups is 1. The van der Waals surface area contributed by atoms with Gasteiger partial charge in [0, 0.05) is 25.5 Å². The Kier molecular flexibility index (Phi) is 7.01. The molecule has 1 aliphatic heterocycles. The van der Waals surface area contributed by atoms with Crippen LogP contribution in [0.3, 0.4) is 0 Å². The van der Waals surface area contributed by atoms with E-state index in [-0.39, 0.29) is 11.8 Å². The maximum atomic E-state index is 10.5. The lowest BCUT2D eigenvalue weighted by Gasteiger charge is -2.00. The number of fused-ring (bicyclic) bond motifs is 1. The molecular weight excluding hydrogens is 545 g/mol. The smallest absolute Gasteiger partial charge is 0.238 e. The van der Waals surface area contributed by atoms with Crippen molar-refractivity contribution in [2.75, 3.05) is 0 Å². The lowest BCUT2D eigenvalue weighted by Crippen LogP contribution is -2.16. The third-order valence-electron chi connectivity index (χ3n) is 3.23. The highest BCUT2D eigenvalue weighted by atomic mass is 127. The highest BCUT2D eigenvalue weighted by molar-refractivity contribution is 14.1. The molecule has 124 valence electrons. The molecule has 23 heavy (non-hydrogen) atoms. The zero-order valence-corrected chi connectivity index (χ0v) is 17.5. The van der Waals surface area contributed by atoms with Crippen LogP contribution in [-0.2, 0) is 16.0 Å². The number of rotatable bonds is 3. The van der Waals surface area contributed by atoms with Crippen molar-refractivity contribution in [2.24, 2.45) is 0 Å². The summed E-state index contributed by atoms with van der Waals surface area (Å²) in [5.41, 5.74) is 1.77. The summed E-state index contributed by atoms with van der Waals surface area (Å²) < 4.78 is 2.22. The molecule has 0 aliphatic carbocycles. The number of amides is 2. The van der Waals surface area contributed by atoms with Gasteiger partial charge in [0.2, 0.25) is 11.8 Å². The number of aromatic amines is 1. The Hall–Kier alpha value is -0.490. The molecule has 1 aliphatic rings. The molecule has 1 fully saturated rings. The van der Waals surface area contributed by atoms with Gasteiger partial charge in [0.15, 0.2) is 5.15 Å². The van der Waals surface area contributed by atoms with E-state index in [1.165, 1.54) is 0 Å². The van der Waals surface area contributed by atoms with Gasteiger partial charge in [-0.3, -0.25) is 9.59 Å². The summed E-state index contributed by atoms with van der Waals surface area (Å²) >= 11 is 10.0. The Balaban J connectivity index is 0.000000203. The van der Waals surface area contributed by atoms with Crippen molar-refractivity contribution < 1.29 is 9.59 Å². The molecule has 6 nitrogen and oxygen atoms in total. The molecular formula is C14H15ClI2N4O2. The molecule has 2 aromatic heterocycles. The van der Waals surface area contributed by atoms with Gasteiger partial charge in [-0.05, 0) is 29.0 Å². The van der Waals surface area contributed by atoms with Crippen molar-refractivity contribution >= 4 is 79.9 Å². The van der Waals surface area contributed by atoms with E-state index >= 15 is 0 Å². The first-order valence-electron chi connectivity index (χ1n) is 7.14. The molecule has 3 heterocycles. The van der Waals surface area contributed by atoms with Crippen molar-refractivity contribution in [3.63, 3.8) is 0 Å². The van der Waals surface area contributed by atoms with E-state index in [1.54, 1.807) is 22.9 Å². The van der Waals surface area contributed by atoms with Crippen molar-refractivity contribution in [2.45, 2.75) is 39.0 Å². The summed E-state index contributed by atoms with van der Waals surface area (Å²) in [4.78, 5) is 32.8. The Morgan fingerprint density at radius 3 is 2.48 bits per heavy atom. The monoisotopic (exact) mass is 560 g/mol. The Morgan fingerprint density at radius 2 is 1.96 bits per heavy atom. The van der Waals surface area contributed by atoms with E-state index in [0.717, 1.165) is 42.8 Å². The van der Waals surface area contributed by atoms with Crippen LogP contribution in [0.2, 0.25) is 5.15 Å². The number of halogens is 3. The third kappa shape index (κ3) is 4.75. The fourth-order valence-corrected chi connectivity index (χ4v) is 3.25. The van der Waals surface area contributed by atoms with Crippen LogP contribution in [-0.4, -0.2) is 29.9 Å². The average molecular weight is 561 g/mol. The van der Waals surface area contributed by atoms with Gasteiger partial charge >= 0.3 is 0 Å². The first-order valence-corrected chi connectivity index (χ1v) is 9.56. The van der Waals surface area contributed by atoms with Gasteiger partial charge in [-0.1, -0.05) is 24.9 Å². The van der Waals surface area contributed by atoms with Crippen LogP contribution < -0.4 is 0 Å². The molecule has 9 heteroatoms. The third-order valence-corrected chi connectivity index (χ3v) is 5.40. The van der Waals surface area contributed by atoms with Crippen molar-refractivity contribution in [3.8, 4) is 0 Å². The minimum Gasteiger partial charge on any atom is -0.356 e. The van der Waals surface area contributed by atoms with E-state index in [2.05, 4.69) is 44.5 Å². The molecule has 2 amide bonds. The number of H-pyrrole nitrogens is 1. The van der Waals surface area contributed by atoms with E-state index in [1.807, 2.05) is 6.20 Å². The van der Waals surface area contributed by atoms with Gasteiger partial charge in [0.05, 0.1) is 26.4 Å². The van der Waals surface area contributed by atoms with Crippen molar-refractivity contribution in [1.29, 1.82) is 0 Å². The zero-order chi connectivity index (χ0) is 17.0. The second kappa shape index (κ2) is 8.56. The summed E-state index contributed by atoms with van der Waals surface area (Å²) in [6, 6.07) is 0. The number of hydrogen-bond donors (Lipinski definition) is 1. The van der Waals surface area contributed by atoms with Crippen LogP contribution in [0.25, 0.3) is 11.0 Å². The Labute approximate surface area is 166 Å². The second-order valence-corrected chi connectivity index (χ2v) is 7.45. The van der Waals surface area contributed by atoms with E-state index in [0.29, 0.717) is 18.0 Å². The number of unbranched alkanes of at least 4 members (excludes halogenated alkanes) is 1. The van der Waals surface area contributed by atoms with E-state index < -0.39 is 0 Å². The normalized spacial score (nSPS) is 14.3. The molecule has 1 N–H and O–H groups in total. The summed E-state index contributed by atoms with van der Waals surface area (Å²) in [6.45, 7) is 2.15. The van der Waals surface area contributed by atoms with Crippen molar-refractivity contribution in [3.05, 3.63) is 20.7 Å². The first kappa shape index (κ1) is 18.8. The van der Waals surface area contributed by atoms with E-state index in [4.69, 9.17) is 11.6 Å². The average Bonchev–Trinajstić information content (AvgIpc) is 3.04. The van der Waals surface area contributed by atoms with Gasteiger partial charge in [-0.2, -0.15) is 0 Å². The van der Waals surface area contributed by atoms with Crippen LogP contribution in [0.1, 0.15) is 38.4 Å². The van der Waals surface area contributed by atoms with Gasteiger partial charge < -0.3 is 4.98 Å². The first-order chi connectivity index (χ1) is 10.9. The maximum absolute atomic E-state index is 10.5. The molecule has 1 saturated heterocycles. The van der Waals surface area contributed by atoms with Crippen LogP contribution >= 0.6 is 57.1 Å². The number of nitrogens with one attached hydrogen (secondary N) is 1. The summed E-state index contributed by atoms with van der Waals surface area (Å²) in [5.74, 6) is 0.693. The zero-order valence-electron chi connectivity index (χ0n) is 12.4. The molecule has 0 bridgehead atoms. The second-order valence-electron chi connectivity index (χ2n) is 4.96. The summed E-state index contributed by atoms with van der Waals surface area (Å²) in [7, 11) is 0. The number of aryl methyl sites for hydroxylation is 1. The molecule has 3 rings (SSSR count). The molecule has 0 unspecified atom stereocenters. The summed E-state index contributed by atoms with van der Waals surface area (Å²) in [5, 5.41) is 0.522. The van der Waals surface area contributed by atoms with Gasteiger partial charge in [0.1, 0.15) is 16.9 Å². The Morgan fingerprint density at radius 1 is 1.30 bits per heavy atom. The van der Waals surface area contributed by atoms with Crippen molar-refractivity contribution in [1.82, 2.24) is 18.1 Å². The van der Waals surface area contributed by atoms with Gasteiger partial charge in [-0.25, -0.2) is 13.1 Å². The number of aromatic nitrogens is 3. The van der Waals surface area contributed by atoms with Gasteiger partial charge in [-0.15, -0.1) is 0 Å². The van der Waals surface area contributed by atoms with Crippen LogP contribution in [0.15, 0.2) is 6.20 Å². The largest absolute Gasteiger partial charge is 0.356 e.